The van der Waals surface area contributed by atoms with E-state index in [1.54, 1.807) is 0 Å². The summed E-state index contributed by atoms with van der Waals surface area (Å²) in [6, 6.07) is 8.57. The number of amides is 1. The number of nitrogens with one attached hydrogen (secondary N) is 2. The zero-order valence-electron chi connectivity index (χ0n) is 12.3. The quantitative estimate of drug-likeness (QED) is 0.868. The number of carbonyl (C=O) groups is 1. The van der Waals surface area contributed by atoms with Crippen molar-refractivity contribution >= 4 is 38.9 Å². The summed E-state index contributed by atoms with van der Waals surface area (Å²) >= 11 is 6.94. The van der Waals surface area contributed by atoms with E-state index >= 15 is 0 Å². The van der Waals surface area contributed by atoms with Crippen LogP contribution in [-0.2, 0) is 16.4 Å². The van der Waals surface area contributed by atoms with Gasteiger partial charge in [0.25, 0.3) is 5.91 Å². The summed E-state index contributed by atoms with van der Waals surface area (Å²) < 4.78 is 25.8. The van der Waals surface area contributed by atoms with Crippen molar-refractivity contribution < 1.29 is 13.2 Å². The lowest BCUT2D eigenvalue weighted by Gasteiger charge is -2.13. The van der Waals surface area contributed by atoms with Gasteiger partial charge in [0.05, 0.1) is 10.9 Å². The fourth-order valence-electron chi connectivity index (χ4n) is 2.65. The number of rotatable bonds is 4. The van der Waals surface area contributed by atoms with E-state index in [1.165, 1.54) is 19.2 Å². The van der Waals surface area contributed by atoms with Crippen LogP contribution in [0.15, 0.2) is 34.5 Å². The molecule has 1 aromatic heterocycles. The van der Waals surface area contributed by atoms with Crippen molar-refractivity contribution in [1.82, 2.24) is 10.0 Å². The topological polar surface area (TPSA) is 75.3 Å². The Labute approximate surface area is 143 Å². The maximum atomic E-state index is 12.4. The molecular weight excluding hydrogens is 356 g/mol. The van der Waals surface area contributed by atoms with Crippen molar-refractivity contribution in [1.29, 1.82) is 0 Å². The SMILES string of the molecule is CNS(=O)(=O)c1ccc(C(=O)NC2CCc3cc(Cl)ccc32)s1. The van der Waals surface area contributed by atoms with Crippen LogP contribution < -0.4 is 10.0 Å². The number of halogens is 1. The van der Waals surface area contributed by atoms with E-state index in [9.17, 15) is 13.2 Å². The minimum atomic E-state index is -3.52. The van der Waals surface area contributed by atoms with Crippen LogP contribution in [0.3, 0.4) is 0 Å². The van der Waals surface area contributed by atoms with Crippen LogP contribution in [-0.4, -0.2) is 21.4 Å². The molecular formula is C15H15ClN2O3S2. The van der Waals surface area contributed by atoms with Crippen molar-refractivity contribution in [3.63, 3.8) is 0 Å². The van der Waals surface area contributed by atoms with Gasteiger partial charge in [-0.15, -0.1) is 11.3 Å². The second kappa shape index (κ2) is 6.24. The number of sulfonamides is 1. The molecule has 122 valence electrons. The average Bonchev–Trinajstić information content (AvgIpc) is 3.15. The lowest BCUT2D eigenvalue weighted by atomic mass is 10.1. The molecule has 0 aliphatic heterocycles. The third-order valence-corrected chi connectivity index (χ3v) is 7.05. The van der Waals surface area contributed by atoms with E-state index in [2.05, 4.69) is 10.0 Å². The monoisotopic (exact) mass is 370 g/mol. The third kappa shape index (κ3) is 3.28. The number of carbonyl (C=O) groups excluding carboxylic acids is 1. The zero-order chi connectivity index (χ0) is 16.6. The van der Waals surface area contributed by atoms with Gasteiger partial charge in [0, 0.05) is 5.02 Å². The molecule has 0 spiro atoms. The summed E-state index contributed by atoms with van der Waals surface area (Å²) in [5, 5.41) is 3.66. The molecule has 23 heavy (non-hydrogen) atoms. The summed E-state index contributed by atoms with van der Waals surface area (Å²) in [7, 11) is -2.18. The predicted molar refractivity (Wildman–Crippen MR) is 90.5 cm³/mol. The molecule has 1 unspecified atom stereocenters. The normalized spacial score (nSPS) is 17.0. The Morgan fingerprint density at radius 2 is 2.09 bits per heavy atom. The average molecular weight is 371 g/mol. The highest BCUT2D eigenvalue weighted by atomic mass is 35.5. The number of fused-ring (bicyclic) bond motifs is 1. The Morgan fingerprint density at radius 1 is 1.30 bits per heavy atom. The number of hydrogen-bond acceptors (Lipinski definition) is 4. The van der Waals surface area contributed by atoms with Crippen LogP contribution in [0, 0.1) is 0 Å². The van der Waals surface area contributed by atoms with E-state index in [0.29, 0.717) is 9.90 Å². The third-order valence-electron chi connectivity index (χ3n) is 3.83. The van der Waals surface area contributed by atoms with E-state index in [-0.39, 0.29) is 16.2 Å². The summed E-state index contributed by atoms with van der Waals surface area (Å²) in [6.07, 6.45) is 1.68. The number of thiophene rings is 1. The molecule has 0 radical (unpaired) electrons. The Morgan fingerprint density at radius 3 is 2.83 bits per heavy atom. The lowest BCUT2D eigenvalue weighted by Crippen LogP contribution is -2.26. The Kier molecular flexibility index (Phi) is 4.46. The van der Waals surface area contributed by atoms with Gasteiger partial charge >= 0.3 is 0 Å². The maximum absolute atomic E-state index is 12.4. The van der Waals surface area contributed by atoms with Crippen molar-refractivity contribution in [2.45, 2.75) is 23.1 Å². The maximum Gasteiger partial charge on any atom is 0.261 e. The first-order chi connectivity index (χ1) is 10.9. The van der Waals surface area contributed by atoms with E-state index < -0.39 is 10.0 Å². The first-order valence-electron chi connectivity index (χ1n) is 7.03. The second-order valence-corrected chi connectivity index (χ2v) is 8.87. The summed E-state index contributed by atoms with van der Waals surface area (Å²) in [6.45, 7) is 0. The van der Waals surface area contributed by atoms with Gasteiger partial charge in [0.15, 0.2) is 0 Å². The van der Waals surface area contributed by atoms with Gasteiger partial charge in [0.1, 0.15) is 4.21 Å². The summed E-state index contributed by atoms with van der Waals surface area (Å²) in [4.78, 5) is 12.7. The highest BCUT2D eigenvalue weighted by Gasteiger charge is 2.25. The Bertz CT molecular complexity index is 861. The van der Waals surface area contributed by atoms with E-state index in [4.69, 9.17) is 11.6 Å². The number of aryl methyl sites for hydroxylation is 1. The van der Waals surface area contributed by atoms with Crippen LogP contribution >= 0.6 is 22.9 Å². The van der Waals surface area contributed by atoms with Crippen LogP contribution in [0.1, 0.15) is 33.3 Å². The van der Waals surface area contributed by atoms with Crippen LogP contribution in [0.4, 0.5) is 0 Å². The number of benzene rings is 1. The first kappa shape index (κ1) is 16.4. The molecule has 1 amide bonds. The fourth-order valence-corrected chi connectivity index (χ4v) is 4.89. The summed E-state index contributed by atoms with van der Waals surface area (Å²) in [5.74, 6) is -0.264. The van der Waals surface area contributed by atoms with Gasteiger partial charge in [-0.25, -0.2) is 13.1 Å². The Hall–Kier alpha value is -1.41. The van der Waals surface area contributed by atoms with Crippen LogP contribution in [0.5, 0.6) is 0 Å². The molecule has 3 rings (SSSR count). The highest BCUT2D eigenvalue weighted by molar-refractivity contribution is 7.91. The molecule has 8 heteroatoms. The van der Waals surface area contributed by atoms with Gasteiger partial charge < -0.3 is 5.32 Å². The molecule has 2 N–H and O–H groups in total. The molecule has 0 fully saturated rings. The lowest BCUT2D eigenvalue weighted by molar-refractivity contribution is 0.0941. The van der Waals surface area contributed by atoms with Crippen molar-refractivity contribution in [3.05, 3.63) is 51.4 Å². The largest absolute Gasteiger partial charge is 0.345 e. The van der Waals surface area contributed by atoms with Gasteiger partial charge in [-0.3, -0.25) is 4.79 Å². The molecule has 1 heterocycles. The first-order valence-corrected chi connectivity index (χ1v) is 9.71. The Balaban J connectivity index is 1.77. The van der Waals surface area contributed by atoms with Crippen LogP contribution in [0.25, 0.3) is 0 Å². The molecule has 0 saturated carbocycles. The van der Waals surface area contributed by atoms with Gasteiger partial charge in [-0.2, -0.15) is 0 Å². The minimum Gasteiger partial charge on any atom is -0.345 e. The fraction of sp³-hybridized carbons (Fsp3) is 0.267. The molecule has 1 aliphatic rings. The van der Waals surface area contributed by atoms with E-state index in [1.807, 2.05) is 18.2 Å². The smallest absolute Gasteiger partial charge is 0.261 e. The molecule has 2 aromatic rings. The molecule has 1 atom stereocenters. The summed E-state index contributed by atoms with van der Waals surface area (Å²) in [5.41, 5.74) is 2.22. The molecule has 1 aliphatic carbocycles. The standard InChI is InChI=1S/C15H15ClN2O3S2/c1-17-23(20,21)14-7-6-13(22-14)15(19)18-12-5-2-9-8-10(16)3-4-11(9)12/h3-4,6-8,12,17H,2,5H2,1H3,(H,18,19). The van der Waals surface area contributed by atoms with Gasteiger partial charge in [-0.1, -0.05) is 17.7 Å². The van der Waals surface area contributed by atoms with Crippen LogP contribution in [0.2, 0.25) is 5.02 Å². The van der Waals surface area contributed by atoms with Gasteiger partial charge in [-0.05, 0) is 55.3 Å². The van der Waals surface area contributed by atoms with Gasteiger partial charge in [0.2, 0.25) is 10.0 Å². The number of hydrogen-bond donors (Lipinski definition) is 2. The van der Waals surface area contributed by atoms with Crippen molar-refractivity contribution in [3.8, 4) is 0 Å². The molecule has 0 bridgehead atoms. The molecule has 5 nitrogen and oxygen atoms in total. The van der Waals surface area contributed by atoms with Crippen molar-refractivity contribution in [2.24, 2.45) is 0 Å². The zero-order valence-corrected chi connectivity index (χ0v) is 14.7. The molecule has 1 aromatic carbocycles. The van der Waals surface area contributed by atoms with E-state index in [0.717, 1.165) is 35.3 Å². The molecule has 0 saturated heterocycles. The predicted octanol–water partition coefficient (Wildman–Crippen LogP) is 2.73. The highest BCUT2D eigenvalue weighted by Crippen LogP contribution is 2.33. The second-order valence-electron chi connectivity index (χ2n) is 5.23. The van der Waals surface area contributed by atoms with Crippen molar-refractivity contribution in [2.75, 3.05) is 7.05 Å². The minimum absolute atomic E-state index is 0.0683.